The molecule has 1 amide bonds. The molecule has 38 heavy (non-hydrogen) atoms. The topological polar surface area (TPSA) is 41.6 Å². The van der Waals surface area contributed by atoms with Gasteiger partial charge in [0.05, 0.1) is 18.0 Å². The van der Waals surface area contributed by atoms with Crippen molar-refractivity contribution >= 4 is 40.3 Å². The summed E-state index contributed by atoms with van der Waals surface area (Å²) in [7, 11) is 0. The number of hydrogen-bond donors (Lipinski definition) is 1. The van der Waals surface area contributed by atoms with E-state index in [1.54, 1.807) is 0 Å². The summed E-state index contributed by atoms with van der Waals surface area (Å²) in [6.45, 7) is 5.96. The summed E-state index contributed by atoms with van der Waals surface area (Å²) in [5.41, 5.74) is 3.93. The van der Waals surface area contributed by atoms with E-state index in [0.29, 0.717) is 17.9 Å². The van der Waals surface area contributed by atoms with Crippen LogP contribution in [0.1, 0.15) is 107 Å². The number of nitrogens with zero attached hydrogens (tertiary/aromatic N) is 1. The van der Waals surface area contributed by atoms with Crippen LogP contribution in [0.4, 0.5) is 5.69 Å². The second kappa shape index (κ2) is 19.2. The number of anilines is 1. The second-order valence-corrected chi connectivity index (χ2v) is 11.0. The highest BCUT2D eigenvalue weighted by Gasteiger charge is 2.14. The molecule has 0 saturated carbocycles. The van der Waals surface area contributed by atoms with Gasteiger partial charge >= 0.3 is 0 Å². The number of benzene rings is 2. The molecule has 2 aromatic carbocycles. The third-order valence-electron chi connectivity index (χ3n) is 6.96. The first-order valence-corrected chi connectivity index (χ1v) is 15.4. The number of nitrogens with one attached hydrogen (secondary N) is 1. The highest BCUT2D eigenvalue weighted by molar-refractivity contribution is 8.93. The number of para-hydroxylation sites is 1. The van der Waals surface area contributed by atoms with Crippen LogP contribution in [0, 0.1) is 0 Å². The molecule has 1 aliphatic rings. The van der Waals surface area contributed by atoms with E-state index < -0.39 is 0 Å². The van der Waals surface area contributed by atoms with Gasteiger partial charge in [0.2, 0.25) is 0 Å². The van der Waals surface area contributed by atoms with Gasteiger partial charge in [-0.25, -0.2) is 0 Å². The molecule has 0 saturated heterocycles. The second-order valence-electron chi connectivity index (χ2n) is 10.1. The molecule has 3 rings (SSSR count). The van der Waals surface area contributed by atoms with Crippen molar-refractivity contribution in [1.29, 1.82) is 0 Å². The van der Waals surface area contributed by atoms with E-state index in [9.17, 15) is 4.79 Å². The van der Waals surface area contributed by atoms with E-state index in [1.807, 2.05) is 48.2 Å². The van der Waals surface area contributed by atoms with Crippen LogP contribution in [0.15, 0.2) is 59.6 Å². The van der Waals surface area contributed by atoms with E-state index in [1.165, 1.54) is 81.9 Å². The van der Waals surface area contributed by atoms with Gasteiger partial charge in [0, 0.05) is 17.9 Å². The van der Waals surface area contributed by atoms with Gasteiger partial charge in [-0.15, -0.1) is 28.7 Å². The van der Waals surface area contributed by atoms with Crippen LogP contribution in [0.3, 0.4) is 0 Å². The number of allylic oxidation sites excluding steroid dienone is 1. The van der Waals surface area contributed by atoms with E-state index in [4.69, 9.17) is 4.74 Å². The van der Waals surface area contributed by atoms with Crippen LogP contribution >= 0.6 is 28.7 Å². The molecular formula is C32H47BrN2O2S. The predicted octanol–water partition coefficient (Wildman–Crippen LogP) is 9.96. The maximum absolute atomic E-state index is 13.0. The third kappa shape index (κ3) is 11.9. The maximum atomic E-state index is 13.0. The van der Waals surface area contributed by atoms with Gasteiger partial charge in [0.1, 0.15) is 5.75 Å². The molecule has 2 aromatic rings. The smallest absolute Gasteiger partial charge is 0.259 e. The molecule has 0 aliphatic carbocycles. The number of thioether (sulfide) groups is 1. The summed E-state index contributed by atoms with van der Waals surface area (Å²) in [6.07, 6.45) is 15.9. The van der Waals surface area contributed by atoms with E-state index in [-0.39, 0.29) is 22.9 Å². The zero-order chi connectivity index (χ0) is 26.1. The SMILES string of the molecule is Br.CCCCCCCCCCCCCCOc1ccccc1C(=O)Nc1ccc(CN2CSC=C2C)cc1. The summed E-state index contributed by atoms with van der Waals surface area (Å²) in [6, 6.07) is 15.7. The lowest BCUT2D eigenvalue weighted by Crippen LogP contribution is -2.17. The Hall–Kier alpha value is -1.92. The zero-order valence-corrected chi connectivity index (χ0v) is 25.9. The number of rotatable bonds is 18. The predicted molar refractivity (Wildman–Crippen MR) is 169 cm³/mol. The fourth-order valence-electron chi connectivity index (χ4n) is 4.61. The number of carbonyl (C=O) groups excluding carboxylic acids is 1. The molecule has 0 aromatic heterocycles. The van der Waals surface area contributed by atoms with Gasteiger partial charge in [-0.1, -0.05) is 102 Å². The normalized spacial score (nSPS) is 12.7. The van der Waals surface area contributed by atoms with Crippen molar-refractivity contribution in [2.75, 3.05) is 17.8 Å². The summed E-state index contributed by atoms with van der Waals surface area (Å²) < 4.78 is 6.02. The van der Waals surface area contributed by atoms with Crippen molar-refractivity contribution in [3.63, 3.8) is 0 Å². The summed E-state index contributed by atoms with van der Waals surface area (Å²) in [5, 5.41) is 5.23. The van der Waals surface area contributed by atoms with E-state index in [2.05, 4.69) is 41.6 Å². The van der Waals surface area contributed by atoms with Crippen molar-refractivity contribution in [3.8, 4) is 5.75 Å². The van der Waals surface area contributed by atoms with Crippen molar-refractivity contribution in [3.05, 3.63) is 70.8 Å². The summed E-state index contributed by atoms with van der Waals surface area (Å²) >= 11 is 1.83. The minimum absolute atomic E-state index is 0. The lowest BCUT2D eigenvalue weighted by atomic mass is 10.1. The molecule has 1 aliphatic heterocycles. The third-order valence-corrected chi connectivity index (χ3v) is 7.92. The van der Waals surface area contributed by atoms with Crippen LogP contribution in [0.5, 0.6) is 5.75 Å². The zero-order valence-electron chi connectivity index (χ0n) is 23.4. The quantitative estimate of drug-likeness (QED) is 0.172. The van der Waals surface area contributed by atoms with Gasteiger partial charge < -0.3 is 15.0 Å². The Balaban J connectivity index is 0.00000507. The van der Waals surface area contributed by atoms with Crippen molar-refractivity contribution in [2.24, 2.45) is 0 Å². The highest BCUT2D eigenvalue weighted by atomic mass is 79.9. The van der Waals surface area contributed by atoms with Crippen molar-refractivity contribution < 1.29 is 9.53 Å². The van der Waals surface area contributed by atoms with Gasteiger partial charge in [-0.2, -0.15) is 0 Å². The maximum Gasteiger partial charge on any atom is 0.259 e. The molecule has 210 valence electrons. The van der Waals surface area contributed by atoms with Gasteiger partial charge in [-0.05, 0) is 48.6 Å². The minimum Gasteiger partial charge on any atom is -0.493 e. The fraction of sp³-hybridized carbons (Fsp3) is 0.531. The van der Waals surface area contributed by atoms with E-state index >= 15 is 0 Å². The molecular weight excluding hydrogens is 556 g/mol. The first-order chi connectivity index (χ1) is 18.2. The highest BCUT2D eigenvalue weighted by Crippen LogP contribution is 2.25. The number of hydrogen-bond acceptors (Lipinski definition) is 4. The average Bonchev–Trinajstić information content (AvgIpc) is 3.32. The lowest BCUT2D eigenvalue weighted by molar-refractivity contribution is 0.102. The number of ether oxygens (including phenoxy) is 1. The Labute approximate surface area is 245 Å². The fourth-order valence-corrected chi connectivity index (χ4v) is 5.55. The molecule has 0 fully saturated rings. The van der Waals surface area contributed by atoms with Crippen molar-refractivity contribution in [2.45, 2.75) is 97.4 Å². The molecule has 6 heteroatoms. The number of halogens is 1. The van der Waals surface area contributed by atoms with Gasteiger partial charge in [0.25, 0.3) is 5.91 Å². The molecule has 0 atom stereocenters. The van der Waals surface area contributed by atoms with Crippen LogP contribution in [-0.4, -0.2) is 23.3 Å². The number of amides is 1. The summed E-state index contributed by atoms with van der Waals surface area (Å²) in [4.78, 5) is 15.3. The largest absolute Gasteiger partial charge is 0.493 e. The summed E-state index contributed by atoms with van der Waals surface area (Å²) in [5.74, 6) is 1.53. The monoisotopic (exact) mass is 602 g/mol. The van der Waals surface area contributed by atoms with Crippen LogP contribution in [0.25, 0.3) is 0 Å². The van der Waals surface area contributed by atoms with Gasteiger partial charge in [-0.3, -0.25) is 4.79 Å². The Morgan fingerprint density at radius 2 is 1.47 bits per heavy atom. The van der Waals surface area contributed by atoms with Crippen LogP contribution in [0.2, 0.25) is 0 Å². The Morgan fingerprint density at radius 3 is 2.08 bits per heavy atom. The molecule has 0 bridgehead atoms. The molecule has 1 heterocycles. The van der Waals surface area contributed by atoms with Crippen molar-refractivity contribution in [1.82, 2.24) is 4.90 Å². The van der Waals surface area contributed by atoms with Crippen LogP contribution < -0.4 is 10.1 Å². The van der Waals surface area contributed by atoms with Crippen LogP contribution in [-0.2, 0) is 6.54 Å². The Kier molecular flexibility index (Phi) is 16.3. The number of carbonyl (C=O) groups is 1. The molecule has 0 unspecified atom stereocenters. The Morgan fingerprint density at radius 1 is 0.868 bits per heavy atom. The standard InChI is InChI=1S/C32H46N2O2S.BrH/c1-3-4-5-6-7-8-9-10-11-12-13-16-23-36-31-18-15-14-17-30(31)32(35)33-29-21-19-28(20-22-29)24-34-26-37-25-27(34)2;/h14-15,17-22,25H,3-13,16,23-24,26H2,1-2H3,(H,33,35);1H. The molecule has 1 N–H and O–H groups in total. The molecule has 4 nitrogen and oxygen atoms in total. The minimum atomic E-state index is -0.132. The molecule has 0 spiro atoms. The average molecular weight is 604 g/mol. The number of unbranched alkanes of at least 4 members (excludes halogenated alkanes) is 11. The van der Waals surface area contributed by atoms with Gasteiger partial charge in [0.15, 0.2) is 0 Å². The van der Waals surface area contributed by atoms with E-state index in [0.717, 1.165) is 24.5 Å². The first-order valence-electron chi connectivity index (χ1n) is 14.3. The lowest BCUT2D eigenvalue weighted by Gasteiger charge is -2.19. The molecule has 0 radical (unpaired) electrons. The Bertz CT molecular complexity index is 964. The first kappa shape index (κ1) is 32.3.